The van der Waals surface area contributed by atoms with Gasteiger partial charge >= 0.3 is 6.36 Å². The van der Waals surface area contributed by atoms with Crippen molar-refractivity contribution in [3.05, 3.63) is 29.8 Å². The number of carbonyl (C=O) groups excluding carboxylic acids is 1. The average Bonchev–Trinajstić information content (AvgIpc) is 2.79. The normalized spacial score (nSPS) is 23.4. The van der Waals surface area contributed by atoms with E-state index in [4.69, 9.17) is 0 Å². The van der Waals surface area contributed by atoms with Gasteiger partial charge in [-0.1, -0.05) is 12.1 Å². The van der Waals surface area contributed by atoms with Crippen molar-refractivity contribution in [1.29, 1.82) is 0 Å². The smallest absolute Gasteiger partial charge is 0.406 e. The van der Waals surface area contributed by atoms with Crippen LogP contribution in [0.15, 0.2) is 24.3 Å². The zero-order chi connectivity index (χ0) is 15.8. The quantitative estimate of drug-likeness (QED) is 0.798. The SMILES string of the molecule is O=CN1CC2(CCC(Cc3cccc(OC(F)(F)F)c3)C2)C1. The van der Waals surface area contributed by atoms with Gasteiger partial charge in [-0.3, -0.25) is 4.79 Å². The molecule has 1 aliphatic carbocycles. The first-order chi connectivity index (χ1) is 10.4. The molecule has 1 saturated heterocycles. The first kappa shape index (κ1) is 15.2. The van der Waals surface area contributed by atoms with Crippen molar-refractivity contribution in [2.75, 3.05) is 13.1 Å². The highest BCUT2D eigenvalue weighted by Gasteiger charge is 2.47. The molecular formula is C16H18F3NO2. The maximum Gasteiger partial charge on any atom is 0.573 e. The molecule has 0 radical (unpaired) electrons. The highest BCUT2D eigenvalue weighted by molar-refractivity contribution is 5.49. The van der Waals surface area contributed by atoms with Crippen molar-refractivity contribution in [2.24, 2.45) is 11.3 Å². The number of ether oxygens (including phenoxy) is 1. The number of alkyl halides is 3. The third kappa shape index (κ3) is 3.36. The van der Waals surface area contributed by atoms with Crippen molar-refractivity contribution in [2.45, 2.75) is 32.0 Å². The fourth-order valence-electron chi connectivity index (χ4n) is 3.88. The minimum absolute atomic E-state index is 0.159. The summed E-state index contributed by atoms with van der Waals surface area (Å²) >= 11 is 0. The molecule has 3 rings (SSSR count). The largest absolute Gasteiger partial charge is 0.573 e. The molecule has 1 unspecified atom stereocenters. The van der Waals surface area contributed by atoms with Gasteiger partial charge in [0.1, 0.15) is 5.75 Å². The van der Waals surface area contributed by atoms with Gasteiger partial charge in [-0.15, -0.1) is 13.2 Å². The van der Waals surface area contributed by atoms with Crippen LogP contribution in [0.1, 0.15) is 24.8 Å². The zero-order valence-electron chi connectivity index (χ0n) is 12.1. The number of amides is 1. The Morgan fingerprint density at radius 2 is 2.14 bits per heavy atom. The van der Waals surface area contributed by atoms with Gasteiger partial charge in [-0.25, -0.2) is 0 Å². The fourth-order valence-corrected chi connectivity index (χ4v) is 3.88. The second-order valence-corrected chi connectivity index (χ2v) is 6.52. The van der Waals surface area contributed by atoms with Crippen LogP contribution in [0.25, 0.3) is 0 Å². The van der Waals surface area contributed by atoms with Gasteiger partial charge in [0.05, 0.1) is 0 Å². The summed E-state index contributed by atoms with van der Waals surface area (Å²) in [5.41, 5.74) is 1.13. The standard InChI is InChI=1S/C16H18F3NO2/c17-16(18,19)22-14-3-1-2-12(7-14)6-13-4-5-15(8-13)9-20(10-15)11-21/h1-3,7,11,13H,4-6,8-10H2. The summed E-state index contributed by atoms with van der Waals surface area (Å²) in [5, 5.41) is 0. The number of benzene rings is 1. The van der Waals surface area contributed by atoms with Crippen molar-refractivity contribution in [1.82, 2.24) is 4.90 Å². The minimum Gasteiger partial charge on any atom is -0.406 e. The lowest BCUT2D eigenvalue weighted by Crippen LogP contribution is -2.54. The second kappa shape index (κ2) is 5.48. The third-order valence-electron chi connectivity index (χ3n) is 4.69. The summed E-state index contributed by atoms with van der Waals surface area (Å²) in [6.45, 7) is 1.65. The molecule has 0 bridgehead atoms. The van der Waals surface area contributed by atoms with Gasteiger partial charge in [0.25, 0.3) is 0 Å². The Hall–Kier alpha value is -1.72. The Labute approximate surface area is 127 Å². The molecule has 1 atom stereocenters. The van der Waals surface area contributed by atoms with E-state index in [1.807, 2.05) is 6.07 Å². The van der Waals surface area contributed by atoms with Gasteiger partial charge in [0.2, 0.25) is 6.41 Å². The molecular weight excluding hydrogens is 295 g/mol. The van der Waals surface area contributed by atoms with Crippen LogP contribution in [0, 0.1) is 11.3 Å². The van der Waals surface area contributed by atoms with Gasteiger partial charge in [0.15, 0.2) is 0 Å². The predicted octanol–water partition coefficient (Wildman–Crippen LogP) is 3.39. The number of rotatable bonds is 4. The Balaban J connectivity index is 1.58. The molecule has 1 heterocycles. The number of hydrogen-bond donors (Lipinski definition) is 0. The lowest BCUT2D eigenvalue weighted by atomic mass is 9.77. The molecule has 1 aromatic carbocycles. The third-order valence-corrected chi connectivity index (χ3v) is 4.69. The van der Waals surface area contributed by atoms with E-state index < -0.39 is 6.36 Å². The molecule has 0 N–H and O–H groups in total. The van der Waals surface area contributed by atoms with E-state index >= 15 is 0 Å². The maximum atomic E-state index is 12.2. The molecule has 120 valence electrons. The lowest BCUT2D eigenvalue weighted by Gasteiger charge is -2.46. The number of likely N-dealkylation sites (tertiary alicyclic amines) is 1. The number of nitrogens with zero attached hydrogens (tertiary/aromatic N) is 1. The number of hydrogen-bond acceptors (Lipinski definition) is 2. The average molecular weight is 313 g/mol. The lowest BCUT2D eigenvalue weighted by molar-refractivity contribution is -0.274. The zero-order valence-corrected chi connectivity index (χ0v) is 12.1. The van der Waals surface area contributed by atoms with Crippen LogP contribution >= 0.6 is 0 Å². The van der Waals surface area contributed by atoms with Crippen LogP contribution < -0.4 is 4.74 Å². The molecule has 1 amide bonds. The van der Waals surface area contributed by atoms with Gasteiger partial charge < -0.3 is 9.64 Å². The highest BCUT2D eigenvalue weighted by Crippen LogP contribution is 2.48. The summed E-state index contributed by atoms with van der Waals surface area (Å²) < 4.78 is 40.7. The van der Waals surface area contributed by atoms with Crippen LogP contribution in [-0.2, 0) is 11.2 Å². The van der Waals surface area contributed by atoms with Crippen molar-refractivity contribution >= 4 is 6.41 Å². The number of halogens is 3. The summed E-state index contributed by atoms with van der Waals surface area (Å²) in [6.07, 6.45) is 0.203. The van der Waals surface area contributed by atoms with Crippen molar-refractivity contribution in [3.8, 4) is 5.75 Å². The molecule has 1 spiro atoms. The Morgan fingerprint density at radius 3 is 2.82 bits per heavy atom. The van der Waals surface area contributed by atoms with Crippen LogP contribution in [-0.4, -0.2) is 30.8 Å². The Kier molecular flexibility index (Phi) is 3.78. The van der Waals surface area contributed by atoms with Crippen molar-refractivity contribution < 1.29 is 22.7 Å². The molecule has 6 heteroatoms. The second-order valence-electron chi connectivity index (χ2n) is 6.52. The molecule has 1 saturated carbocycles. The van der Waals surface area contributed by atoms with Gasteiger partial charge in [-0.2, -0.15) is 0 Å². The first-order valence-electron chi connectivity index (χ1n) is 7.42. The Morgan fingerprint density at radius 1 is 1.36 bits per heavy atom. The summed E-state index contributed by atoms with van der Waals surface area (Å²) in [7, 11) is 0. The molecule has 1 aliphatic heterocycles. The van der Waals surface area contributed by atoms with E-state index in [0.29, 0.717) is 5.92 Å². The molecule has 3 nitrogen and oxygen atoms in total. The summed E-state index contributed by atoms with van der Waals surface area (Å²) in [5.74, 6) is 0.309. The maximum absolute atomic E-state index is 12.2. The topological polar surface area (TPSA) is 29.5 Å². The van der Waals surface area contributed by atoms with Crippen LogP contribution in [0.2, 0.25) is 0 Å². The summed E-state index contributed by atoms with van der Waals surface area (Å²) in [4.78, 5) is 12.4. The van der Waals surface area contributed by atoms with E-state index in [-0.39, 0.29) is 11.2 Å². The van der Waals surface area contributed by atoms with Gasteiger partial charge in [-0.05, 0) is 49.3 Å². The molecule has 22 heavy (non-hydrogen) atoms. The van der Waals surface area contributed by atoms with Crippen molar-refractivity contribution in [3.63, 3.8) is 0 Å². The molecule has 2 fully saturated rings. The minimum atomic E-state index is -4.65. The highest BCUT2D eigenvalue weighted by atomic mass is 19.4. The van der Waals surface area contributed by atoms with E-state index in [9.17, 15) is 18.0 Å². The molecule has 0 aromatic heterocycles. The van der Waals surface area contributed by atoms with Crippen LogP contribution in [0.5, 0.6) is 5.75 Å². The predicted molar refractivity (Wildman–Crippen MR) is 74.2 cm³/mol. The molecule has 1 aromatic rings. The van der Waals surface area contributed by atoms with Crippen LogP contribution in [0.3, 0.4) is 0 Å². The van der Waals surface area contributed by atoms with E-state index in [0.717, 1.165) is 50.7 Å². The Bertz CT molecular complexity index is 553. The van der Waals surface area contributed by atoms with E-state index in [1.165, 1.54) is 12.1 Å². The van der Waals surface area contributed by atoms with Gasteiger partial charge in [0, 0.05) is 18.5 Å². The van der Waals surface area contributed by atoms with E-state index in [2.05, 4.69) is 4.74 Å². The molecule has 2 aliphatic rings. The first-order valence-corrected chi connectivity index (χ1v) is 7.42. The van der Waals surface area contributed by atoms with Crippen LogP contribution in [0.4, 0.5) is 13.2 Å². The summed E-state index contributed by atoms with van der Waals surface area (Å²) in [6, 6.07) is 6.23. The van der Waals surface area contributed by atoms with E-state index in [1.54, 1.807) is 11.0 Å². The monoisotopic (exact) mass is 313 g/mol. The fraction of sp³-hybridized carbons (Fsp3) is 0.562. The number of carbonyl (C=O) groups is 1.